The Kier molecular flexibility index (Phi) is 4.35. The summed E-state index contributed by atoms with van der Waals surface area (Å²) >= 11 is 0. The zero-order chi connectivity index (χ0) is 17.4. The number of aromatic nitrogens is 6. The standard InChI is InChI=1S/C15H24N8O/c1-9(2)23-13(18-19-20-23)8-16-12-6-14(24)21(4)15(12)11-7-17-22(5)10(11)3/h7,9,12,15-16H,6,8H2,1-5H3/t12-,15+/m1/s1. The number of likely N-dealkylation sites (tertiary alicyclic amines) is 1. The summed E-state index contributed by atoms with van der Waals surface area (Å²) in [5, 5.41) is 19.6. The van der Waals surface area contributed by atoms with Crippen LogP contribution in [-0.2, 0) is 18.4 Å². The second-order valence-electron chi connectivity index (χ2n) is 6.58. The zero-order valence-electron chi connectivity index (χ0n) is 14.8. The van der Waals surface area contributed by atoms with E-state index in [1.165, 1.54) is 0 Å². The minimum Gasteiger partial charge on any atom is -0.337 e. The molecule has 130 valence electrons. The minimum atomic E-state index is -0.0328. The molecule has 0 aromatic carbocycles. The van der Waals surface area contributed by atoms with Crippen LogP contribution in [0.3, 0.4) is 0 Å². The number of nitrogens with zero attached hydrogens (tertiary/aromatic N) is 7. The molecular formula is C15H24N8O. The number of likely N-dealkylation sites (N-methyl/N-ethyl adjacent to an activating group) is 1. The molecule has 9 heteroatoms. The second-order valence-corrected chi connectivity index (χ2v) is 6.58. The SMILES string of the molecule is Cc1c([C@H]2[C@H](NCc3nnnn3C(C)C)CC(=O)N2C)cnn1C. The van der Waals surface area contributed by atoms with Gasteiger partial charge in [-0.15, -0.1) is 5.10 Å². The molecule has 0 aliphatic carbocycles. The van der Waals surface area contributed by atoms with Gasteiger partial charge in [0.05, 0.1) is 24.8 Å². The summed E-state index contributed by atoms with van der Waals surface area (Å²) in [6.07, 6.45) is 2.31. The molecule has 2 aromatic heterocycles. The summed E-state index contributed by atoms with van der Waals surface area (Å²) in [6, 6.07) is 0.165. The highest BCUT2D eigenvalue weighted by Crippen LogP contribution is 2.33. The molecule has 24 heavy (non-hydrogen) atoms. The van der Waals surface area contributed by atoms with Crippen molar-refractivity contribution < 1.29 is 4.79 Å². The number of carbonyl (C=O) groups is 1. The van der Waals surface area contributed by atoms with Crippen molar-refractivity contribution in [3.63, 3.8) is 0 Å². The van der Waals surface area contributed by atoms with Crippen molar-refractivity contribution in [1.82, 2.24) is 40.2 Å². The highest BCUT2D eigenvalue weighted by molar-refractivity contribution is 5.80. The van der Waals surface area contributed by atoms with E-state index in [0.29, 0.717) is 13.0 Å². The Bertz CT molecular complexity index is 734. The Labute approximate surface area is 141 Å². The van der Waals surface area contributed by atoms with Crippen molar-refractivity contribution >= 4 is 5.91 Å². The quantitative estimate of drug-likeness (QED) is 0.849. The van der Waals surface area contributed by atoms with Gasteiger partial charge in [0.1, 0.15) is 0 Å². The van der Waals surface area contributed by atoms with Gasteiger partial charge in [-0.25, -0.2) is 4.68 Å². The molecule has 3 rings (SSSR count). The zero-order valence-corrected chi connectivity index (χ0v) is 14.8. The molecule has 1 fully saturated rings. The van der Waals surface area contributed by atoms with Crippen LogP contribution in [-0.4, -0.2) is 53.9 Å². The van der Waals surface area contributed by atoms with Gasteiger partial charge < -0.3 is 10.2 Å². The van der Waals surface area contributed by atoms with Crippen LogP contribution in [0.5, 0.6) is 0 Å². The lowest BCUT2D eigenvalue weighted by Crippen LogP contribution is -2.35. The lowest BCUT2D eigenvalue weighted by molar-refractivity contribution is -0.127. The fourth-order valence-electron chi connectivity index (χ4n) is 3.24. The number of hydrogen-bond acceptors (Lipinski definition) is 6. The number of amides is 1. The largest absolute Gasteiger partial charge is 0.337 e. The molecule has 1 aliphatic rings. The average molecular weight is 332 g/mol. The van der Waals surface area contributed by atoms with E-state index in [4.69, 9.17) is 0 Å². The van der Waals surface area contributed by atoms with Gasteiger partial charge in [0, 0.05) is 37.8 Å². The molecule has 0 bridgehead atoms. The van der Waals surface area contributed by atoms with E-state index in [-0.39, 0.29) is 24.0 Å². The van der Waals surface area contributed by atoms with Gasteiger partial charge in [-0.1, -0.05) is 0 Å². The van der Waals surface area contributed by atoms with E-state index in [1.54, 1.807) is 9.58 Å². The highest BCUT2D eigenvalue weighted by Gasteiger charge is 2.39. The summed E-state index contributed by atoms with van der Waals surface area (Å²) in [7, 11) is 3.76. The number of aryl methyl sites for hydroxylation is 1. The first-order valence-corrected chi connectivity index (χ1v) is 8.14. The minimum absolute atomic E-state index is 0.00251. The molecule has 0 radical (unpaired) electrons. The van der Waals surface area contributed by atoms with E-state index in [9.17, 15) is 4.79 Å². The molecule has 1 aliphatic heterocycles. The van der Waals surface area contributed by atoms with Crippen LogP contribution in [0.2, 0.25) is 0 Å². The third kappa shape index (κ3) is 2.79. The van der Waals surface area contributed by atoms with Crippen LogP contribution >= 0.6 is 0 Å². The van der Waals surface area contributed by atoms with Crippen molar-refractivity contribution in [3.05, 3.63) is 23.3 Å². The van der Waals surface area contributed by atoms with Crippen molar-refractivity contribution in [2.24, 2.45) is 7.05 Å². The first-order chi connectivity index (χ1) is 11.4. The smallest absolute Gasteiger partial charge is 0.224 e. The molecule has 2 atom stereocenters. The average Bonchev–Trinajstić information content (AvgIpc) is 3.20. The molecular weight excluding hydrogens is 308 g/mol. The van der Waals surface area contributed by atoms with Crippen molar-refractivity contribution in [2.45, 2.75) is 51.9 Å². The number of tetrazole rings is 1. The first kappa shape index (κ1) is 16.6. The summed E-state index contributed by atoms with van der Waals surface area (Å²) in [4.78, 5) is 14.0. The van der Waals surface area contributed by atoms with E-state index < -0.39 is 0 Å². The van der Waals surface area contributed by atoms with Gasteiger partial charge in [0.15, 0.2) is 5.82 Å². The van der Waals surface area contributed by atoms with E-state index in [2.05, 4.69) is 25.9 Å². The maximum atomic E-state index is 12.2. The second kappa shape index (κ2) is 6.31. The van der Waals surface area contributed by atoms with Gasteiger partial charge in [0.25, 0.3) is 0 Å². The monoisotopic (exact) mass is 332 g/mol. The van der Waals surface area contributed by atoms with Crippen LogP contribution in [0.25, 0.3) is 0 Å². The number of hydrogen-bond donors (Lipinski definition) is 1. The molecule has 3 heterocycles. The molecule has 1 N–H and O–H groups in total. The summed E-state index contributed by atoms with van der Waals surface area (Å²) in [5.41, 5.74) is 2.15. The molecule has 0 unspecified atom stereocenters. The van der Waals surface area contributed by atoms with E-state index in [1.807, 2.05) is 45.7 Å². The molecule has 0 spiro atoms. The fraction of sp³-hybridized carbons (Fsp3) is 0.667. The molecule has 9 nitrogen and oxygen atoms in total. The van der Waals surface area contributed by atoms with Gasteiger partial charge in [0.2, 0.25) is 5.91 Å². The lowest BCUT2D eigenvalue weighted by Gasteiger charge is -2.25. The Morgan fingerprint density at radius 2 is 2.12 bits per heavy atom. The third-order valence-electron chi connectivity index (χ3n) is 4.75. The number of carbonyl (C=O) groups excluding carboxylic acids is 1. The molecule has 0 saturated carbocycles. The van der Waals surface area contributed by atoms with Gasteiger partial charge >= 0.3 is 0 Å². The Balaban J connectivity index is 1.79. The predicted molar refractivity (Wildman–Crippen MR) is 86.9 cm³/mol. The summed E-state index contributed by atoms with van der Waals surface area (Å²) in [5.74, 6) is 0.901. The third-order valence-corrected chi connectivity index (χ3v) is 4.75. The van der Waals surface area contributed by atoms with Gasteiger partial charge in [-0.05, 0) is 31.2 Å². The van der Waals surface area contributed by atoms with E-state index in [0.717, 1.165) is 17.1 Å². The van der Waals surface area contributed by atoms with Crippen LogP contribution < -0.4 is 5.32 Å². The van der Waals surface area contributed by atoms with Crippen molar-refractivity contribution in [2.75, 3.05) is 7.05 Å². The van der Waals surface area contributed by atoms with Crippen LogP contribution in [0.4, 0.5) is 0 Å². The molecule has 1 saturated heterocycles. The Morgan fingerprint density at radius 1 is 1.38 bits per heavy atom. The molecule has 2 aromatic rings. The maximum Gasteiger partial charge on any atom is 0.224 e. The van der Waals surface area contributed by atoms with Gasteiger partial charge in [-0.3, -0.25) is 9.48 Å². The topological polar surface area (TPSA) is 93.8 Å². The fourth-order valence-corrected chi connectivity index (χ4v) is 3.24. The van der Waals surface area contributed by atoms with E-state index >= 15 is 0 Å². The Hall–Kier alpha value is -2.29. The highest BCUT2D eigenvalue weighted by atomic mass is 16.2. The Morgan fingerprint density at radius 3 is 2.75 bits per heavy atom. The number of rotatable bonds is 5. The molecule has 1 amide bonds. The maximum absolute atomic E-state index is 12.2. The number of nitrogens with one attached hydrogen (secondary N) is 1. The van der Waals surface area contributed by atoms with Crippen molar-refractivity contribution in [1.29, 1.82) is 0 Å². The van der Waals surface area contributed by atoms with Gasteiger partial charge in [-0.2, -0.15) is 5.10 Å². The van der Waals surface area contributed by atoms with Crippen LogP contribution in [0, 0.1) is 6.92 Å². The lowest BCUT2D eigenvalue weighted by atomic mass is 10.0. The predicted octanol–water partition coefficient (Wildman–Crippen LogP) is 0.358. The normalized spacial score (nSPS) is 21.2. The first-order valence-electron chi connectivity index (χ1n) is 8.14. The van der Waals surface area contributed by atoms with Crippen LogP contribution in [0.1, 0.15) is 49.4 Å². The van der Waals surface area contributed by atoms with Crippen molar-refractivity contribution in [3.8, 4) is 0 Å². The summed E-state index contributed by atoms with van der Waals surface area (Å²) in [6.45, 7) is 6.62. The summed E-state index contributed by atoms with van der Waals surface area (Å²) < 4.78 is 3.63. The van der Waals surface area contributed by atoms with Crippen LogP contribution in [0.15, 0.2) is 6.20 Å².